The number of hydrogen-bond acceptors (Lipinski definition) is 3. The van der Waals surface area contributed by atoms with Crippen molar-refractivity contribution in [2.75, 3.05) is 40.0 Å². The third-order valence-corrected chi connectivity index (χ3v) is 2.69. The Labute approximate surface area is 103 Å². The van der Waals surface area contributed by atoms with Crippen LogP contribution < -0.4 is 5.73 Å². The lowest BCUT2D eigenvalue weighted by Crippen LogP contribution is -2.23. The van der Waals surface area contributed by atoms with Gasteiger partial charge in [-0.3, -0.25) is 0 Å². The van der Waals surface area contributed by atoms with E-state index in [0.29, 0.717) is 12.2 Å². The van der Waals surface area contributed by atoms with Gasteiger partial charge in [-0.05, 0) is 64.4 Å². The predicted molar refractivity (Wildman–Crippen MR) is 70.3 cm³/mol. The monoisotopic (exact) mass is 239 g/mol. The van der Waals surface area contributed by atoms with E-state index >= 15 is 0 Å². The molecule has 96 valence electrons. The van der Waals surface area contributed by atoms with E-state index in [4.69, 9.17) is 5.73 Å². The first-order chi connectivity index (χ1) is 7.99. The molecular weight excluding hydrogens is 217 g/mol. The molecule has 0 amide bonds. The zero-order valence-electron chi connectivity index (χ0n) is 10.9. The molecule has 0 aliphatic heterocycles. The van der Waals surface area contributed by atoms with Gasteiger partial charge >= 0.3 is 0 Å². The normalized spacial score (nSPS) is 11.4. The van der Waals surface area contributed by atoms with E-state index < -0.39 is 0 Å². The molecule has 0 radical (unpaired) electrons. The number of nitrogen functional groups attached to an aromatic ring is 1. The average Bonchev–Trinajstić information content (AvgIpc) is 2.23. The Kier molecular flexibility index (Phi) is 5.38. The second kappa shape index (κ2) is 6.57. The molecule has 0 saturated carbocycles. The topological polar surface area (TPSA) is 32.5 Å². The number of nitrogens with zero attached hydrogens (tertiary/aromatic N) is 2. The summed E-state index contributed by atoms with van der Waals surface area (Å²) in [6.45, 7) is 2.73. The number of benzene rings is 1. The van der Waals surface area contributed by atoms with Crippen molar-refractivity contribution >= 4 is 5.69 Å². The fourth-order valence-corrected chi connectivity index (χ4v) is 1.74. The van der Waals surface area contributed by atoms with Crippen LogP contribution in [0.4, 0.5) is 10.1 Å². The van der Waals surface area contributed by atoms with Crippen molar-refractivity contribution in [2.45, 2.75) is 13.0 Å². The average molecular weight is 239 g/mol. The standard InChI is InChI=1S/C13H22FN3/c1-16(2)7-4-8-17(3)10-11-9-12(14)5-6-13(11)15/h5-6,9H,4,7-8,10,15H2,1-3H3. The molecule has 0 fully saturated rings. The van der Waals surface area contributed by atoms with Crippen molar-refractivity contribution in [3.8, 4) is 0 Å². The van der Waals surface area contributed by atoms with Gasteiger partial charge in [-0.1, -0.05) is 0 Å². The molecule has 4 heteroatoms. The smallest absolute Gasteiger partial charge is 0.123 e. The second-order valence-corrected chi connectivity index (χ2v) is 4.74. The Hall–Kier alpha value is -1.13. The number of nitrogens with two attached hydrogens (primary N) is 1. The van der Waals surface area contributed by atoms with Crippen molar-refractivity contribution in [3.63, 3.8) is 0 Å². The lowest BCUT2D eigenvalue weighted by Gasteiger charge is -2.19. The second-order valence-electron chi connectivity index (χ2n) is 4.74. The van der Waals surface area contributed by atoms with E-state index in [1.165, 1.54) is 12.1 Å². The van der Waals surface area contributed by atoms with Gasteiger partial charge < -0.3 is 15.5 Å². The number of anilines is 1. The summed E-state index contributed by atoms with van der Waals surface area (Å²) in [6, 6.07) is 4.53. The summed E-state index contributed by atoms with van der Waals surface area (Å²) in [6.07, 6.45) is 1.10. The Morgan fingerprint density at radius 2 is 1.88 bits per heavy atom. The van der Waals surface area contributed by atoms with E-state index in [2.05, 4.69) is 23.9 Å². The summed E-state index contributed by atoms with van der Waals surface area (Å²) >= 11 is 0. The third kappa shape index (κ3) is 5.15. The maximum atomic E-state index is 13.1. The van der Waals surface area contributed by atoms with Crippen LogP contribution in [0, 0.1) is 5.82 Å². The molecule has 1 aromatic carbocycles. The first-order valence-corrected chi connectivity index (χ1v) is 5.86. The molecule has 3 nitrogen and oxygen atoms in total. The van der Waals surface area contributed by atoms with Crippen LogP contribution >= 0.6 is 0 Å². The highest BCUT2D eigenvalue weighted by Gasteiger charge is 2.05. The lowest BCUT2D eigenvalue weighted by molar-refractivity contribution is 0.294. The van der Waals surface area contributed by atoms with Crippen LogP contribution in [0.25, 0.3) is 0 Å². The van der Waals surface area contributed by atoms with Crippen LogP contribution in [-0.4, -0.2) is 44.0 Å². The van der Waals surface area contributed by atoms with Crippen LogP contribution in [0.3, 0.4) is 0 Å². The molecule has 0 aliphatic rings. The third-order valence-electron chi connectivity index (χ3n) is 2.69. The van der Waals surface area contributed by atoms with Crippen LogP contribution in [0.15, 0.2) is 18.2 Å². The molecule has 0 saturated heterocycles. The van der Waals surface area contributed by atoms with Crippen molar-refractivity contribution in [1.29, 1.82) is 0 Å². The zero-order valence-corrected chi connectivity index (χ0v) is 10.9. The maximum absolute atomic E-state index is 13.1. The number of rotatable bonds is 6. The van der Waals surface area contributed by atoms with Gasteiger partial charge in [0.25, 0.3) is 0 Å². The molecule has 0 spiro atoms. The summed E-state index contributed by atoms with van der Waals surface area (Å²) in [5.74, 6) is -0.226. The molecule has 0 heterocycles. The molecule has 0 atom stereocenters. The minimum atomic E-state index is -0.226. The highest BCUT2D eigenvalue weighted by atomic mass is 19.1. The predicted octanol–water partition coefficient (Wildman–Crippen LogP) is 1.79. The number of hydrogen-bond donors (Lipinski definition) is 1. The summed E-state index contributed by atoms with van der Waals surface area (Å²) in [4.78, 5) is 4.32. The van der Waals surface area contributed by atoms with E-state index in [1.807, 2.05) is 7.05 Å². The van der Waals surface area contributed by atoms with Crippen LogP contribution in [0.5, 0.6) is 0 Å². The highest BCUT2D eigenvalue weighted by Crippen LogP contribution is 2.15. The van der Waals surface area contributed by atoms with Gasteiger partial charge in [0.1, 0.15) is 5.82 Å². The quantitative estimate of drug-likeness (QED) is 0.768. The minimum absolute atomic E-state index is 0.226. The van der Waals surface area contributed by atoms with E-state index in [9.17, 15) is 4.39 Å². The molecule has 0 unspecified atom stereocenters. The lowest BCUT2D eigenvalue weighted by atomic mass is 10.1. The molecule has 0 bridgehead atoms. The molecular formula is C13H22FN3. The first-order valence-electron chi connectivity index (χ1n) is 5.86. The van der Waals surface area contributed by atoms with Gasteiger partial charge in [0.2, 0.25) is 0 Å². The molecule has 1 rings (SSSR count). The van der Waals surface area contributed by atoms with Gasteiger partial charge in [0.05, 0.1) is 0 Å². The van der Waals surface area contributed by atoms with Gasteiger partial charge in [-0.25, -0.2) is 4.39 Å². The van der Waals surface area contributed by atoms with Gasteiger partial charge in [-0.15, -0.1) is 0 Å². The van der Waals surface area contributed by atoms with Crippen LogP contribution in [0.2, 0.25) is 0 Å². The van der Waals surface area contributed by atoms with Gasteiger partial charge in [0.15, 0.2) is 0 Å². The maximum Gasteiger partial charge on any atom is 0.123 e. The Morgan fingerprint density at radius 1 is 1.18 bits per heavy atom. The Morgan fingerprint density at radius 3 is 2.53 bits per heavy atom. The van der Waals surface area contributed by atoms with Crippen molar-refractivity contribution in [1.82, 2.24) is 9.80 Å². The Bertz CT molecular complexity index is 353. The summed E-state index contributed by atoms with van der Waals surface area (Å²) in [5.41, 5.74) is 7.33. The minimum Gasteiger partial charge on any atom is -0.398 e. The molecule has 17 heavy (non-hydrogen) atoms. The summed E-state index contributed by atoms with van der Waals surface area (Å²) in [7, 11) is 6.15. The summed E-state index contributed by atoms with van der Waals surface area (Å²) in [5, 5.41) is 0. The van der Waals surface area contributed by atoms with E-state index in [0.717, 1.165) is 25.1 Å². The van der Waals surface area contributed by atoms with E-state index in [1.54, 1.807) is 6.07 Å². The van der Waals surface area contributed by atoms with Crippen LogP contribution in [-0.2, 0) is 6.54 Å². The van der Waals surface area contributed by atoms with Crippen molar-refractivity contribution in [3.05, 3.63) is 29.6 Å². The fraction of sp³-hybridized carbons (Fsp3) is 0.538. The number of halogens is 1. The molecule has 2 N–H and O–H groups in total. The first kappa shape index (κ1) is 13.9. The largest absolute Gasteiger partial charge is 0.398 e. The fourth-order valence-electron chi connectivity index (χ4n) is 1.74. The van der Waals surface area contributed by atoms with Gasteiger partial charge in [-0.2, -0.15) is 0 Å². The van der Waals surface area contributed by atoms with Crippen molar-refractivity contribution < 1.29 is 4.39 Å². The van der Waals surface area contributed by atoms with Gasteiger partial charge in [0, 0.05) is 12.2 Å². The van der Waals surface area contributed by atoms with Crippen molar-refractivity contribution in [2.24, 2.45) is 0 Å². The zero-order chi connectivity index (χ0) is 12.8. The van der Waals surface area contributed by atoms with E-state index in [-0.39, 0.29) is 5.82 Å². The summed E-state index contributed by atoms with van der Waals surface area (Å²) < 4.78 is 13.1. The van der Waals surface area contributed by atoms with Crippen LogP contribution in [0.1, 0.15) is 12.0 Å². The SMILES string of the molecule is CN(C)CCCN(C)Cc1cc(F)ccc1N. The molecule has 0 aliphatic carbocycles. The molecule has 1 aromatic rings. The molecule has 0 aromatic heterocycles. The Balaban J connectivity index is 2.44. The highest BCUT2D eigenvalue weighted by molar-refractivity contribution is 5.46.